The second-order valence-corrected chi connectivity index (χ2v) is 4.02. The molecule has 0 radical (unpaired) electrons. The van der Waals surface area contributed by atoms with E-state index < -0.39 is 0 Å². The minimum atomic E-state index is -0.0208. The van der Waals surface area contributed by atoms with Gasteiger partial charge in [-0.15, -0.1) is 12.4 Å². The SMILES string of the molecule is CCC(C)(N)C(C)(C)C.Cl. The molecule has 0 aromatic carbocycles. The number of hydrogen-bond acceptors (Lipinski definition) is 1. The first-order valence-electron chi connectivity index (χ1n) is 3.60. The third kappa shape index (κ3) is 2.89. The quantitative estimate of drug-likeness (QED) is 0.635. The van der Waals surface area contributed by atoms with Gasteiger partial charge in [0.15, 0.2) is 0 Å². The molecule has 0 heterocycles. The van der Waals surface area contributed by atoms with Gasteiger partial charge < -0.3 is 5.73 Å². The van der Waals surface area contributed by atoms with E-state index in [-0.39, 0.29) is 23.4 Å². The predicted molar refractivity (Wildman–Crippen MR) is 49.6 cm³/mol. The van der Waals surface area contributed by atoms with Crippen LogP contribution < -0.4 is 5.73 Å². The largest absolute Gasteiger partial charge is 0.325 e. The lowest BCUT2D eigenvalue weighted by Gasteiger charge is -2.37. The highest BCUT2D eigenvalue weighted by Crippen LogP contribution is 2.29. The van der Waals surface area contributed by atoms with Crippen LogP contribution in [0.25, 0.3) is 0 Å². The topological polar surface area (TPSA) is 26.0 Å². The third-order valence-corrected chi connectivity index (χ3v) is 2.45. The van der Waals surface area contributed by atoms with Crippen molar-refractivity contribution in [2.24, 2.45) is 11.1 Å². The van der Waals surface area contributed by atoms with Crippen molar-refractivity contribution in [1.29, 1.82) is 0 Å². The summed E-state index contributed by atoms with van der Waals surface area (Å²) in [6.45, 7) is 10.8. The van der Waals surface area contributed by atoms with Gasteiger partial charge in [0.25, 0.3) is 0 Å². The van der Waals surface area contributed by atoms with E-state index in [0.717, 1.165) is 6.42 Å². The average Bonchev–Trinajstić information content (AvgIpc) is 1.64. The zero-order chi connectivity index (χ0) is 7.71. The van der Waals surface area contributed by atoms with E-state index in [9.17, 15) is 0 Å². The molecular weight excluding hydrogens is 146 g/mol. The van der Waals surface area contributed by atoms with Crippen LogP contribution in [0.4, 0.5) is 0 Å². The highest BCUT2D eigenvalue weighted by atomic mass is 35.5. The Kier molecular flexibility index (Phi) is 4.62. The molecule has 0 aliphatic heterocycles. The second-order valence-electron chi connectivity index (χ2n) is 4.02. The molecule has 0 rings (SSSR count). The minimum absolute atomic E-state index is 0. The van der Waals surface area contributed by atoms with Gasteiger partial charge in [-0.3, -0.25) is 0 Å². The van der Waals surface area contributed by atoms with Crippen LogP contribution in [0.1, 0.15) is 41.0 Å². The Morgan fingerprint density at radius 3 is 1.40 bits per heavy atom. The van der Waals surface area contributed by atoms with Crippen molar-refractivity contribution in [2.75, 3.05) is 0 Å². The molecular formula is C8H20ClN. The molecule has 2 heteroatoms. The Morgan fingerprint density at radius 2 is 1.40 bits per heavy atom. The van der Waals surface area contributed by atoms with E-state index in [1.807, 2.05) is 0 Å². The maximum absolute atomic E-state index is 5.99. The van der Waals surface area contributed by atoms with E-state index in [0.29, 0.717) is 0 Å². The summed E-state index contributed by atoms with van der Waals surface area (Å²) in [5.41, 5.74) is 6.20. The van der Waals surface area contributed by atoms with Crippen LogP contribution in [0, 0.1) is 5.41 Å². The van der Waals surface area contributed by atoms with Gasteiger partial charge >= 0.3 is 0 Å². The van der Waals surface area contributed by atoms with Crippen molar-refractivity contribution >= 4 is 12.4 Å². The summed E-state index contributed by atoms with van der Waals surface area (Å²) < 4.78 is 0. The standard InChI is InChI=1S/C8H19N.ClH/c1-6-8(5,9)7(2,3)4;/h6,9H2,1-5H3;1H. The van der Waals surface area contributed by atoms with Gasteiger partial charge in [0.05, 0.1) is 0 Å². The molecule has 1 nitrogen and oxygen atoms in total. The summed E-state index contributed by atoms with van der Waals surface area (Å²) >= 11 is 0. The van der Waals surface area contributed by atoms with Crippen LogP contribution in [0.5, 0.6) is 0 Å². The first-order valence-corrected chi connectivity index (χ1v) is 3.60. The van der Waals surface area contributed by atoms with Gasteiger partial charge in [-0.05, 0) is 18.8 Å². The summed E-state index contributed by atoms with van der Waals surface area (Å²) in [5, 5.41) is 0. The van der Waals surface area contributed by atoms with Gasteiger partial charge in [-0.1, -0.05) is 27.7 Å². The lowest BCUT2D eigenvalue weighted by molar-refractivity contribution is 0.202. The molecule has 0 aliphatic rings. The van der Waals surface area contributed by atoms with Crippen LogP contribution in [-0.4, -0.2) is 5.54 Å². The first-order chi connectivity index (χ1) is 3.81. The lowest BCUT2D eigenvalue weighted by Crippen LogP contribution is -2.47. The molecule has 64 valence electrons. The van der Waals surface area contributed by atoms with Gasteiger partial charge in [0, 0.05) is 5.54 Å². The number of rotatable bonds is 1. The van der Waals surface area contributed by atoms with Gasteiger partial charge in [-0.25, -0.2) is 0 Å². The fourth-order valence-electron chi connectivity index (χ4n) is 0.530. The van der Waals surface area contributed by atoms with Crippen molar-refractivity contribution in [3.8, 4) is 0 Å². The molecule has 1 unspecified atom stereocenters. The number of halogens is 1. The molecule has 0 saturated heterocycles. The van der Waals surface area contributed by atoms with Gasteiger partial charge in [0.2, 0.25) is 0 Å². The molecule has 0 fully saturated rings. The molecule has 0 aromatic rings. The zero-order valence-electron chi connectivity index (χ0n) is 7.69. The summed E-state index contributed by atoms with van der Waals surface area (Å²) in [4.78, 5) is 0. The van der Waals surface area contributed by atoms with Crippen LogP contribution in [0.2, 0.25) is 0 Å². The van der Waals surface area contributed by atoms with Gasteiger partial charge in [0.1, 0.15) is 0 Å². The Bertz CT molecular complexity index is 91.9. The summed E-state index contributed by atoms with van der Waals surface area (Å²) in [6.07, 6.45) is 1.04. The Labute approximate surface area is 70.8 Å². The summed E-state index contributed by atoms with van der Waals surface area (Å²) in [5.74, 6) is 0. The molecule has 1 atom stereocenters. The molecule has 10 heavy (non-hydrogen) atoms. The molecule has 2 N–H and O–H groups in total. The second kappa shape index (κ2) is 3.59. The van der Waals surface area contributed by atoms with E-state index in [1.54, 1.807) is 0 Å². The molecule has 0 bridgehead atoms. The smallest absolute Gasteiger partial charge is 0.0172 e. The highest BCUT2D eigenvalue weighted by Gasteiger charge is 2.30. The maximum atomic E-state index is 5.99. The molecule has 0 aliphatic carbocycles. The number of hydrogen-bond donors (Lipinski definition) is 1. The third-order valence-electron chi connectivity index (χ3n) is 2.45. The first kappa shape index (κ1) is 12.9. The summed E-state index contributed by atoms with van der Waals surface area (Å²) in [7, 11) is 0. The lowest BCUT2D eigenvalue weighted by atomic mass is 9.74. The molecule has 0 aromatic heterocycles. The van der Waals surface area contributed by atoms with Crippen molar-refractivity contribution in [2.45, 2.75) is 46.6 Å². The Morgan fingerprint density at radius 1 is 1.10 bits per heavy atom. The van der Waals surface area contributed by atoms with Crippen LogP contribution in [-0.2, 0) is 0 Å². The van der Waals surface area contributed by atoms with Crippen LogP contribution in [0.15, 0.2) is 0 Å². The Balaban J connectivity index is 0. The highest BCUT2D eigenvalue weighted by molar-refractivity contribution is 5.85. The van der Waals surface area contributed by atoms with Crippen molar-refractivity contribution in [3.63, 3.8) is 0 Å². The minimum Gasteiger partial charge on any atom is -0.325 e. The maximum Gasteiger partial charge on any atom is 0.0172 e. The monoisotopic (exact) mass is 165 g/mol. The summed E-state index contributed by atoms with van der Waals surface area (Å²) in [6, 6.07) is 0. The molecule has 0 spiro atoms. The van der Waals surface area contributed by atoms with Crippen LogP contribution >= 0.6 is 12.4 Å². The van der Waals surface area contributed by atoms with Crippen molar-refractivity contribution in [3.05, 3.63) is 0 Å². The molecule has 0 saturated carbocycles. The van der Waals surface area contributed by atoms with Crippen LogP contribution in [0.3, 0.4) is 0 Å². The van der Waals surface area contributed by atoms with Crippen molar-refractivity contribution < 1.29 is 0 Å². The van der Waals surface area contributed by atoms with E-state index in [2.05, 4.69) is 34.6 Å². The van der Waals surface area contributed by atoms with Crippen molar-refractivity contribution in [1.82, 2.24) is 0 Å². The molecule has 0 amide bonds. The van der Waals surface area contributed by atoms with Gasteiger partial charge in [-0.2, -0.15) is 0 Å². The fraction of sp³-hybridized carbons (Fsp3) is 1.00. The average molecular weight is 166 g/mol. The predicted octanol–water partition coefficient (Wildman–Crippen LogP) is 2.58. The van der Waals surface area contributed by atoms with E-state index in [4.69, 9.17) is 5.73 Å². The number of nitrogens with two attached hydrogens (primary N) is 1. The van der Waals surface area contributed by atoms with E-state index >= 15 is 0 Å². The van der Waals surface area contributed by atoms with E-state index in [1.165, 1.54) is 0 Å². The normalized spacial score (nSPS) is 17.4. The zero-order valence-corrected chi connectivity index (χ0v) is 8.51. The Hall–Kier alpha value is 0.250. The fourth-order valence-corrected chi connectivity index (χ4v) is 0.530.